The first-order valence-electron chi connectivity index (χ1n) is 20.5. The Kier molecular flexibility index (Phi) is 14.4. The van der Waals surface area contributed by atoms with Crippen LogP contribution in [-0.2, 0) is 60.1 Å². The first-order chi connectivity index (χ1) is 32.0. The number of aromatic hydroxyl groups is 2. The molecule has 6 aromatic heterocycles. The number of oxazole rings is 2. The fourth-order valence-electron chi connectivity index (χ4n) is 8.00. The number of nitrogens with one attached hydrogen (secondary N) is 1. The van der Waals surface area contributed by atoms with Crippen LogP contribution in [0.2, 0.25) is 0 Å². The van der Waals surface area contributed by atoms with E-state index in [2.05, 4.69) is 15.0 Å². The molecule has 12 rings (SSSR count). The quantitative estimate of drug-likeness (QED) is 0.164. The topological polar surface area (TPSA) is 196 Å². The summed E-state index contributed by atoms with van der Waals surface area (Å²) in [6.07, 6.45) is 0. The van der Waals surface area contributed by atoms with Crippen molar-refractivity contribution in [2.45, 2.75) is 0 Å². The number of para-hydroxylation sites is 8. The van der Waals surface area contributed by atoms with Gasteiger partial charge < -0.3 is 37.9 Å². The number of nitrogens with zero attached hydrogens (tertiary/aromatic N) is 5. The van der Waals surface area contributed by atoms with Gasteiger partial charge in [0.15, 0.2) is 5.58 Å². The third kappa shape index (κ3) is 8.71. The number of aromatic nitrogens is 6. The standard InChI is InChI=1S/2C17H12N2O3.C17H12N2O2S.Be.2Zn/c3*1-19-12-8-4-2-6-10(12)15(20)14(17(19)21)16-18-11-7-3-5-9-13(11)22-16;;;/h3*2-9,20H,1H3;;;/q;;;+2;;. The molecule has 0 aliphatic rings. The summed E-state index contributed by atoms with van der Waals surface area (Å²) in [6, 6.07) is 43.8. The number of hydrogen-bond donors (Lipinski definition) is 2. The van der Waals surface area contributed by atoms with Crippen molar-refractivity contribution >= 4 is 86.6 Å². The van der Waals surface area contributed by atoms with Gasteiger partial charge >= 0.3 is 16.0 Å². The fraction of sp³-hybridized carbons (Fsp3) is 0.0588. The molecule has 328 valence electrons. The van der Waals surface area contributed by atoms with Crippen molar-refractivity contribution in [3.8, 4) is 50.7 Å². The van der Waals surface area contributed by atoms with Crippen LogP contribution in [0.15, 0.2) is 169 Å². The molecule has 6 heterocycles. The molecule has 0 bridgehead atoms. The SMILES string of the molecule is Cn1c(=O)c(-c2[nH+]c3ccccc3o2)c([O-])c2ccccc21.Cn1c(=O)c(-c2nc3ccccc3o2)c(O)c2ccccc21.Cn1c(=O)c(-c2nc3ccccc3s2)c(O)c2ccccc21.[Be+2].[Zn].[Zn]. The minimum Gasteiger partial charge on any atom is -0.871 e. The van der Waals surface area contributed by atoms with Gasteiger partial charge in [-0.25, -0.2) is 9.97 Å². The smallest absolute Gasteiger partial charge is 0.871 e. The molecule has 0 aliphatic heterocycles. The largest absolute Gasteiger partial charge is 2.00 e. The molecule has 0 spiro atoms. The third-order valence-electron chi connectivity index (χ3n) is 11.4. The van der Waals surface area contributed by atoms with Crippen molar-refractivity contribution < 1.29 is 68.1 Å². The van der Waals surface area contributed by atoms with E-state index >= 15 is 0 Å². The molecule has 0 unspecified atom stereocenters. The molecule has 18 heteroatoms. The molecule has 6 aromatic carbocycles. The number of rotatable bonds is 3. The van der Waals surface area contributed by atoms with Crippen LogP contribution in [0.5, 0.6) is 17.2 Å². The van der Waals surface area contributed by atoms with Gasteiger partial charge in [-0.1, -0.05) is 84.6 Å². The second-order valence-electron chi connectivity index (χ2n) is 15.3. The summed E-state index contributed by atoms with van der Waals surface area (Å²) in [5, 5.41) is 36.1. The van der Waals surface area contributed by atoms with Crippen molar-refractivity contribution in [3.05, 3.63) is 177 Å². The zero-order valence-corrected chi connectivity index (χ0v) is 44.2. The van der Waals surface area contributed by atoms with E-state index in [-0.39, 0.29) is 111 Å². The monoisotopic (exact) mass is 1030 g/mol. The summed E-state index contributed by atoms with van der Waals surface area (Å²) in [7, 11) is 5.02. The number of pyridine rings is 3. The Balaban J connectivity index is 0.000000150. The third-order valence-corrected chi connectivity index (χ3v) is 12.5. The zero-order chi connectivity index (χ0) is 45.8. The normalized spacial score (nSPS) is 10.8. The van der Waals surface area contributed by atoms with Crippen molar-refractivity contribution in [2.24, 2.45) is 21.1 Å². The number of aryl methyl sites for hydroxylation is 3. The van der Waals surface area contributed by atoms with Crippen LogP contribution in [-0.4, -0.2) is 44.0 Å². The molecule has 0 aliphatic carbocycles. The van der Waals surface area contributed by atoms with Gasteiger partial charge in [-0.2, -0.15) is 4.98 Å². The van der Waals surface area contributed by atoms with Gasteiger partial charge in [0.25, 0.3) is 16.7 Å². The van der Waals surface area contributed by atoms with Crippen LogP contribution in [0.25, 0.3) is 98.6 Å². The summed E-state index contributed by atoms with van der Waals surface area (Å²) in [5.41, 5.74) is 4.78. The molecule has 0 radical (unpaired) electrons. The first kappa shape index (κ1) is 49.5. The van der Waals surface area contributed by atoms with Gasteiger partial charge in [0, 0.05) is 76.9 Å². The maximum atomic E-state index is 12.7. The fourth-order valence-corrected chi connectivity index (χ4v) is 9.00. The Morgan fingerprint density at radius 2 is 1.00 bits per heavy atom. The molecular weight excluding hydrogens is 996 g/mol. The molecule has 69 heavy (non-hydrogen) atoms. The number of H-pyrrole nitrogens is 1. The van der Waals surface area contributed by atoms with Crippen LogP contribution < -0.4 is 26.8 Å². The minimum absolute atomic E-state index is 0. The van der Waals surface area contributed by atoms with Crippen molar-refractivity contribution in [1.82, 2.24) is 23.7 Å². The van der Waals surface area contributed by atoms with E-state index in [0.29, 0.717) is 54.4 Å². The van der Waals surface area contributed by atoms with Crippen molar-refractivity contribution in [2.75, 3.05) is 0 Å². The molecule has 0 fully saturated rings. The van der Waals surface area contributed by atoms with E-state index in [1.807, 2.05) is 84.9 Å². The Morgan fingerprint density at radius 3 is 1.59 bits per heavy atom. The predicted octanol–water partition coefficient (Wildman–Crippen LogP) is 8.03. The van der Waals surface area contributed by atoms with Gasteiger partial charge in [-0.05, 0) is 66.0 Å². The number of benzene rings is 6. The maximum absolute atomic E-state index is 12.7. The minimum atomic E-state index is -0.376. The predicted molar refractivity (Wildman–Crippen MR) is 259 cm³/mol. The van der Waals surface area contributed by atoms with E-state index in [1.54, 1.807) is 86.4 Å². The molecule has 14 nitrogen and oxygen atoms in total. The molecule has 0 amide bonds. The number of hydrogen-bond acceptors (Lipinski definition) is 11. The number of fused-ring (bicyclic) bond motifs is 6. The average molecular weight is 1030 g/mol. The van der Waals surface area contributed by atoms with E-state index in [0.717, 1.165) is 15.7 Å². The van der Waals surface area contributed by atoms with Crippen molar-refractivity contribution in [1.29, 1.82) is 0 Å². The van der Waals surface area contributed by atoms with E-state index in [9.17, 15) is 29.7 Å². The molecule has 12 aromatic rings. The van der Waals surface area contributed by atoms with E-state index in [1.165, 1.54) is 20.5 Å². The second-order valence-corrected chi connectivity index (χ2v) is 16.4. The molecule has 0 saturated carbocycles. The Morgan fingerprint density at radius 1 is 0.536 bits per heavy atom. The van der Waals surface area contributed by atoms with Crippen LogP contribution >= 0.6 is 11.3 Å². The van der Waals surface area contributed by atoms with Gasteiger partial charge in [-0.3, -0.25) is 14.4 Å². The molecule has 0 saturated heterocycles. The van der Waals surface area contributed by atoms with Crippen LogP contribution in [0.3, 0.4) is 0 Å². The second kappa shape index (κ2) is 20.1. The molecule has 3 N–H and O–H groups in total. The summed E-state index contributed by atoms with van der Waals surface area (Å²) in [5.74, 6) is -0.111. The summed E-state index contributed by atoms with van der Waals surface area (Å²) in [6.45, 7) is 0. The van der Waals surface area contributed by atoms with Crippen LogP contribution in [0.4, 0.5) is 0 Å². The average Bonchev–Trinajstić information content (AvgIpc) is 4.10. The van der Waals surface area contributed by atoms with E-state index in [4.69, 9.17) is 8.83 Å². The Bertz CT molecular complexity index is 3570. The summed E-state index contributed by atoms with van der Waals surface area (Å²) in [4.78, 5) is 49.6. The maximum Gasteiger partial charge on any atom is 2.00 e. The van der Waals surface area contributed by atoms with Gasteiger partial charge in [0.2, 0.25) is 17.0 Å². The van der Waals surface area contributed by atoms with Crippen LogP contribution in [0, 0.1) is 0 Å². The van der Waals surface area contributed by atoms with Gasteiger partial charge in [0.05, 0.1) is 26.8 Å². The molecule has 0 atom stereocenters. The first-order valence-corrected chi connectivity index (χ1v) is 21.3. The number of aromatic amines is 1. The summed E-state index contributed by atoms with van der Waals surface area (Å²) < 4.78 is 16.8. The Hall–Kier alpha value is -7.40. The summed E-state index contributed by atoms with van der Waals surface area (Å²) >= 11 is 1.41. The van der Waals surface area contributed by atoms with Crippen molar-refractivity contribution in [3.63, 3.8) is 0 Å². The van der Waals surface area contributed by atoms with Crippen LogP contribution in [0.1, 0.15) is 0 Å². The zero-order valence-electron chi connectivity index (χ0n) is 37.5. The van der Waals surface area contributed by atoms with Gasteiger partial charge in [0.1, 0.15) is 38.7 Å². The van der Waals surface area contributed by atoms with E-state index < -0.39 is 0 Å². The molecular formula is C51H36BeN6O8SZn2+2. The number of thiazole rings is 1. The Labute approximate surface area is 424 Å². The van der Waals surface area contributed by atoms with Gasteiger partial charge in [-0.15, -0.1) is 11.3 Å².